The van der Waals surface area contributed by atoms with E-state index in [0.717, 1.165) is 11.8 Å². The molecule has 0 saturated carbocycles. The van der Waals surface area contributed by atoms with Gasteiger partial charge in [-0.15, -0.1) is 0 Å². The molecule has 7 heteroatoms. The quantitative estimate of drug-likeness (QED) is 0.514. The predicted molar refractivity (Wildman–Crippen MR) is 63.1 cm³/mol. The summed E-state index contributed by atoms with van der Waals surface area (Å²) < 4.78 is 32.6. The number of phenolic OH excluding ortho intramolecular Hbond substituents is 1. The first-order valence-electron chi connectivity index (χ1n) is 4.82. The number of nitrogens with one attached hydrogen (secondary N) is 1. The Morgan fingerprint density at radius 1 is 1.22 bits per heavy atom. The number of fused-ring (bicyclic) bond motifs is 1. The Morgan fingerprint density at radius 3 is 2.44 bits per heavy atom. The number of rotatable bonds is 2. The number of benzene rings is 2. The normalized spacial score (nSPS) is 11.0. The third kappa shape index (κ3) is 2.96. The molecule has 0 atom stereocenters. The number of anilines is 1. The third-order valence-corrected chi connectivity index (χ3v) is 3.30. The molecule has 0 aliphatic rings. The van der Waals surface area contributed by atoms with Crippen molar-refractivity contribution in [2.45, 2.75) is 4.90 Å². The summed E-state index contributed by atoms with van der Waals surface area (Å²) in [6.07, 6.45) is 0. The molecule has 0 aliphatic carbocycles. The predicted octanol–water partition coefficient (Wildman–Crippen LogP) is -1.50. The van der Waals surface area contributed by atoms with Gasteiger partial charge in [0.05, 0.1) is 4.90 Å². The van der Waals surface area contributed by atoms with E-state index in [-0.39, 0.29) is 35.3 Å². The van der Waals surface area contributed by atoms with E-state index in [4.69, 9.17) is 0 Å². The Labute approximate surface area is 127 Å². The van der Waals surface area contributed by atoms with E-state index in [1.807, 2.05) is 0 Å². The Morgan fingerprint density at radius 2 is 1.89 bits per heavy atom. The second-order valence-corrected chi connectivity index (χ2v) is 4.96. The molecule has 0 unspecified atom stereocenters. The van der Waals surface area contributed by atoms with Gasteiger partial charge in [-0.05, 0) is 29.7 Å². The van der Waals surface area contributed by atoms with Crippen LogP contribution in [0.15, 0.2) is 35.2 Å². The molecule has 0 aliphatic heterocycles. The molecule has 0 bridgehead atoms. The maximum atomic E-state index is 10.9. The van der Waals surface area contributed by atoms with Crippen LogP contribution < -0.4 is 34.9 Å². The summed E-state index contributed by atoms with van der Waals surface area (Å²) in [4.78, 5) is -0.431. The molecular weight excluding hydrogens is 265 g/mol. The van der Waals surface area contributed by atoms with Gasteiger partial charge in [-0.3, -0.25) is 0 Å². The van der Waals surface area contributed by atoms with E-state index in [9.17, 15) is 18.1 Å². The minimum atomic E-state index is -4.56. The van der Waals surface area contributed by atoms with Gasteiger partial charge in [0.1, 0.15) is 15.9 Å². The van der Waals surface area contributed by atoms with Crippen molar-refractivity contribution in [1.82, 2.24) is 0 Å². The molecule has 0 amide bonds. The molecule has 0 radical (unpaired) electrons. The van der Waals surface area contributed by atoms with Crippen LogP contribution in [0.25, 0.3) is 10.8 Å². The van der Waals surface area contributed by atoms with Crippen molar-refractivity contribution in [3.05, 3.63) is 30.3 Å². The number of aromatic hydroxyl groups is 1. The fourth-order valence-electron chi connectivity index (χ4n) is 1.61. The summed E-state index contributed by atoms with van der Waals surface area (Å²) in [5.74, 6) is -0.228. The molecule has 0 spiro atoms. The zero-order chi connectivity index (χ0) is 12.6. The van der Waals surface area contributed by atoms with Gasteiger partial charge in [0.2, 0.25) is 0 Å². The summed E-state index contributed by atoms with van der Waals surface area (Å²) >= 11 is 0. The third-order valence-electron chi connectivity index (χ3n) is 2.48. The van der Waals surface area contributed by atoms with E-state index < -0.39 is 15.0 Å². The van der Waals surface area contributed by atoms with Gasteiger partial charge in [0.15, 0.2) is 0 Å². The smallest absolute Gasteiger partial charge is 0.744 e. The van der Waals surface area contributed by atoms with Crippen LogP contribution in [0, 0.1) is 0 Å². The summed E-state index contributed by atoms with van der Waals surface area (Å²) in [5.41, 5.74) is 0.783. The van der Waals surface area contributed by atoms with Gasteiger partial charge in [-0.25, -0.2) is 8.42 Å². The molecule has 90 valence electrons. The molecule has 0 heterocycles. The Hall–Kier alpha value is -0.790. The maximum Gasteiger partial charge on any atom is 1.00 e. The standard InChI is InChI=1S/C11H11NO4S.Na/c1-12-8-3-2-7-4-9(17(14,15)16)6-11(13)10(7)5-8;/h2-6,12-13H,1H3,(H,14,15,16);/q;+1/p-1. The molecule has 5 nitrogen and oxygen atoms in total. The van der Waals surface area contributed by atoms with Gasteiger partial charge < -0.3 is 15.0 Å². The first-order chi connectivity index (χ1) is 7.91. The van der Waals surface area contributed by atoms with E-state index in [1.165, 1.54) is 6.07 Å². The van der Waals surface area contributed by atoms with Crippen LogP contribution in [-0.2, 0) is 10.1 Å². The summed E-state index contributed by atoms with van der Waals surface area (Å²) in [7, 11) is -2.83. The monoisotopic (exact) mass is 275 g/mol. The van der Waals surface area contributed by atoms with Crippen molar-refractivity contribution in [3.8, 4) is 5.75 Å². The molecule has 2 rings (SSSR count). The summed E-state index contributed by atoms with van der Waals surface area (Å²) in [6.45, 7) is 0. The van der Waals surface area contributed by atoms with Gasteiger partial charge >= 0.3 is 29.6 Å². The summed E-state index contributed by atoms with van der Waals surface area (Å²) in [5, 5.41) is 13.6. The largest absolute Gasteiger partial charge is 1.00 e. The van der Waals surface area contributed by atoms with Crippen LogP contribution in [0.4, 0.5) is 5.69 Å². The topological polar surface area (TPSA) is 89.5 Å². The molecule has 18 heavy (non-hydrogen) atoms. The van der Waals surface area contributed by atoms with Crippen LogP contribution in [0.5, 0.6) is 5.75 Å². The van der Waals surface area contributed by atoms with E-state index in [1.54, 1.807) is 25.2 Å². The fraction of sp³-hybridized carbons (Fsp3) is 0.0909. The van der Waals surface area contributed by atoms with Crippen LogP contribution in [0.2, 0.25) is 0 Å². The van der Waals surface area contributed by atoms with Crippen LogP contribution in [-0.4, -0.2) is 25.1 Å². The van der Waals surface area contributed by atoms with Crippen molar-refractivity contribution in [3.63, 3.8) is 0 Å². The average molecular weight is 275 g/mol. The van der Waals surface area contributed by atoms with E-state index >= 15 is 0 Å². The van der Waals surface area contributed by atoms with E-state index in [2.05, 4.69) is 5.32 Å². The van der Waals surface area contributed by atoms with Crippen molar-refractivity contribution < 1.29 is 47.6 Å². The van der Waals surface area contributed by atoms with Crippen LogP contribution in [0.1, 0.15) is 0 Å². The Balaban J connectivity index is 0.00000162. The number of phenols is 1. The fourth-order valence-corrected chi connectivity index (χ4v) is 2.14. The van der Waals surface area contributed by atoms with Gasteiger partial charge in [0, 0.05) is 18.1 Å². The molecule has 2 aromatic rings. The van der Waals surface area contributed by atoms with Gasteiger partial charge in [0.25, 0.3) is 0 Å². The SMILES string of the molecule is CNc1ccc2cc(S(=O)(=O)[O-])cc(O)c2c1.[Na+]. The van der Waals surface area contributed by atoms with Crippen LogP contribution in [0.3, 0.4) is 0 Å². The molecule has 0 fully saturated rings. The Bertz CT molecular complexity index is 685. The minimum absolute atomic E-state index is 0. The summed E-state index contributed by atoms with van der Waals surface area (Å²) in [6, 6.07) is 7.24. The number of hydrogen-bond acceptors (Lipinski definition) is 5. The van der Waals surface area contributed by atoms with Crippen molar-refractivity contribution in [1.29, 1.82) is 0 Å². The van der Waals surface area contributed by atoms with Crippen LogP contribution >= 0.6 is 0 Å². The first-order valence-corrected chi connectivity index (χ1v) is 6.23. The zero-order valence-electron chi connectivity index (χ0n) is 9.97. The van der Waals surface area contributed by atoms with Crippen molar-refractivity contribution >= 4 is 26.6 Å². The van der Waals surface area contributed by atoms with Gasteiger partial charge in [-0.2, -0.15) is 0 Å². The molecule has 0 aromatic heterocycles. The average Bonchev–Trinajstić information content (AvgIpc) is 2.27. The maximum absolute atomic E-state index is 10.9. The second kappa shape index (κ2) is 5.46. The van der Waals surface area contributed by atoms with Gasteiger partial charge in [-0.1, -0.05) is 6.07 Å². The molecule has 2 N–H and O–H groups in total. The van der Waals surface area contributed by atoms with E-state index in [0.29, 0.717) is 10.8 Å². The minimum Gasteiger partial charge on any atom is -0.744 e. The molecule has 2 aromatic carbocycles. The molecular formula is C11H10NNaO4S. The first kappa shape index (κ1) is 15.3. The molecule has 0 saturated heterocycles. The Kier molecular flexibility index (Phi) is 4.63. The second-order valence-electron chi connectivity index (χ2n) is 3.58. The van der Waals surface area contributed by atoms with Crippen molar-refractivity contribution in [2.75, 3.05) is 12.4 Å². The number of hydrogen-bond donors (Lipinski definition) is 2. The zero-order valence-corrected chi connectivity index (χ0v) is 12.8. The van der Waals surface area contributed by atoms with Crippen molar-refractivity contribution in [2.24, 2.45) is 0 Å².